The van der Waals surface area contributed by atoms with Gasteiger partial charge in [-0.05, 0) is 37.5 Å². The number of sulfonamides is 1. The molecule has 0 atom stereocenters. The van der Waals surface area contributed by atoms with Gasteiger partial charge in [0, 0.05) is 37.6 Å². The Balaban J connectivity index is 1.80. The summed E-state index contributed by atoms with van der Waals surface area (Å²) in [6, 6.07) is 6.37. The highest BCUT2D eigenvalue weighted by Gasteiger charge is 2.39. The number of hydrogen-bond acceptors (Lipinski definition) is 5. The largest absolute Gasteiger partial charge is 0.419 e. The van der Waals surface area contributed by atoms with E-state index in [4.69, 9.17) is 16.0 Å². The van der Waals surface area contributed by atoms with Crippen LogP contribution >= 0.6 is 11.6 Å². The molecule has 0 bridgehead atoms. The van der Waals surface area contributed by atoms with Crippen LogP contribution in [0.25, 0.3) is 11.1 Å². The van der Waals surface area contributed by atoms with Gasteiger partial charge in [0.05, 0.1) is 10.5 Å². The number of benzene rings is 1. The van der Waals surface area contributed by atoms with E-state index in [9.17, 15) is 13.2 Å². The molecule has 2 heterocycles. The molecule has 9 heteroatoms. The van der Waals surface area contributed by atoms with Gasteiger partial charge in [-0.3, -0.25) is 9.55 Å². The lowest BCUT2D eigenvalue weighted by Crippen LogP contribution is -2.33. The van der Waals surface area contributed by atoms with Gasteiger partial charge in [-0.2, -0.15) is 4.31 Å². The van der Waals surface area contributed by atoms with Crippen molar-refractivity contribution < 1.29 is 12.8 Å². The fourth-order valence-electron chi connectivity index (χ4n) is 3.13. The molecular formula is C18H18ClN3O4S. The third kappa shape index (κ3) is 3.28. The molecule has 2 aromatic heterocycles. The van der Waals surface area contributed by atoms with Crippen LogP contribution in [0.1, 0.15) is 25.3 Å². The second kappa shape index (κ2) is 6.78. The maximum absolute atomic E-state index is 13.3. The Bertz CT molecular complexity index is 1150. The molecule has 1 fully saturated rings. The zero-order chi connectivity index (χ0) is 19.2. The van der Waals surface area contributed by atoms with Gasteiger partial charge < -0.3 is 4.42 Å². The van der Waals surface area contributed by atoms with Crippen LogP contribution in [0, 0.1) is 0 Å². The lowest BCUT2D eigenvalue weighted by atomic mass is 10.3. The van der Waals surface area contributed by atoms with Gasteiger partial charge in [0.2, 0.25) is 10.0 Å². The summed E-state index contributed by atoms with van der Waals surface area (Å²) < 4.78 is 34.7. The predicted molar refractivity (Wildman–Crippen MR) is 101 cm³/mol. The maximum atomic E-state index is 13.3. The van der Waals surface area contributed by atoms with Crippen molar-refractivity contribution in [3.63, 3.8) is 0 Å². The molecule has 142 valence electrons. The van der Waals surface area contributed by atoms with Crippen LogP contribution in [-0.2, 0) is 23.1 Å². The van der Waals surface area contributed by atoms with E-state index in [0.29, 0.717) is 12.1 Å². The van der Waals surface area contributed by atoms with Crippen molar-refractivity contribution in [2.24, 2.45) is 0 Å². The highest BCUT2D eigenvalue weighted by Crippen LogP contribution is 2.36. The van der Waals surface area contributed by atoms with Gasteiger partial charge >= 0.3 is 5.76 Å². The summed E-state index contributed by atoms with van der Waals surface area (Å²) in [6.07, 6.45) is 4.90. The summed E-state index contributed by atoms with van der Waals surface area (Å²) in [6.45, 7) is 2.43. The summed E-state index contributed by atoms with van der Waals surface area (Å²) >= 11 is 6.32. The van der Waals surface area contributed by atoms with Crippen LogP contribution in [0.15, 0.2) is 50.8 Å². The molecule has 0 unspecified atom stereocenters. The Morgan fingerprint density at radius 1 is 1.37 bits per heavy atom. The molecule has 7 nitrogen and oxygen atoms in total. The average Bonchev–Trinajstić information content (AvgIpc) is 3.43. The van der Waals surface area contributed by atoms with Crippen LogP contribution in [-0.4, -0.2) is 28.3 Å². The van der Waals surface area contributed by atoms with E-state index >= 15 is 0 Å². The van der Waals surface area contributed by atoms with Crippen molar-refractivity contribution in [1.29, 1.82) is 0 Å². The number of nitrogens with zero attached hydrogens (tertiary/aromatic N) is 3. The fraction of sp³-hybridized carbons (Fsp3) is 0.333. The van der Waals surface area contributed by atoms with E-state index in [1.807, 2.05) is 6.07 Å². The van der Waals surface area contributed by atoms with Crippen LogP contribution in [0.3, 0.4) is 0 Å². The second-order valence-electron chi connectivity index (χ2n) is 6.51. The van der Waals surface area contributed by atoms with Crippen molar-refractivity contribution in [3.05, 3.63) is 57.8 Å². The minimum absolute atomic E-state index is 0.0514. The Kier molecular flexibility index (Phi) is 4.57. The number of pyridine rings is 1. The topological polar surface area (TPSA) is 85.4 Å². The van der Waals surface area contributed by atoms with Gasteiger partial charge in [-0.15, -0.1) is 0 Å². The molecule has 3 aromatic rings. The SMILES string of the molecule is CCn1c(=O)oc2cc(S(=O)(=O)N(Cc3cccnc3)C3CC3)c(Cl)cc21. The van der Waals surface area contributed by atoms with Gasteiger partial charge in [-0.1, -0.05) is 17.7 Å². The number of hydrogen-bond donors (Lipinski definition) is 0. The standard InChI is InChI=1S/C18H18ClN3O4S/c1-2-21-15-8-14(19)17(9-16(15)26-18(21)23)27(24,25)22(13-5-6-13)11-12-4-3-7-20-10-12/h3-4,7-10,13H,2,5-6,11H2,1H3. The molecule has 0 spiro atoms. The molecule has 0 aliphatic heterocycles. The van der Waals surface area contributed by atoms with Gasteiger partial charge in [0.15, 0.2) is 5.58 Å². The first kappa shape index (κ1) is 18.2. The van der Waals surface area contributed by atoms with Crippen molar-refractivity contribution in [2.45, 2.75) is 43.8 Å². The van der Waals surface area contributed by atoms with Crippen LogP contribution in [0.4, 0.5) is 0 Å². The second-order valence-corrected chi connectivity index (χ2v) is 8.77. The summed E-state index contributed by atoms with van der Waals surface area (Å²) in [5.74, 6) is -0.535. The first-order chi connectivity index (χ1) is 12.9. The molecule has 0 amide bonds. The number of aromatic nitrogens is 2. The highest BCUT2D eigenvalue weighted by molar-refractivity contribution is 7.89. The zero-order valence-electron chi connectivity index (χ0n) is 14.6. The first-order valence-electron chi connectivity index (χ1n) is 8.65. The molecule has 1 aliphatic carbocycles. The Morgan fingerprint density at radius 2 is 2.15 bits per heavy atom. The minimum Gasteiger partial charge on any atom is -0.408 e. The van der Waals surface area contributed by atoms with E-state index in [-0.39, 0.29) is 28.1 Å². The average molecular weight is 408 g/mol. The smallest absolute Gasteiger partial charge is 0.408 e. The number of rotatable bonds is 6. The van der Waals surface area contributed by atoms with E-state index < -0.39 is 15.8 Å². The molecular weight excluding hydrogens is 390 g/mol. The molecule has 0 N–H and O–H groups in total. The molecule has 0 radical (unpaired) electrons. The number of fused-ring (bicyclic) bond motifs is 1. The van der Waals surface area contributed by atoms with Crippen molar-refractivity contribution in [2.75, 3.05) is 0 Å². The van der Waals surface area contributed by atoms with Crippen LogP contribution < -0.4 is 5.76 Å². The number of oxazole rings is 1. The molecule has 1 saturated carbocycles. The van der Waals surface area contributed by atoms with E-state index in [1.165, 1.54) is 21.0 Å². The monoisotopic (exact) mass is 407 g/mol. The molecule has 4 rings (SSSR count). The van der Waals surface area contributed by atoms with Gasteiger partial charge in [-0.25, -0.2) is 13.2 Å². The molecule has 27 heavy (non-hydrogen) atoms. The Morgan fingerprint density at radius 3 is 2.78 bits per heavy atom. The Labute approximate surface area is 161 Å². The van der Waals surface area contributed by atoms with Gasteiger partial charge in [0.25, 0.3) is 0 Å². The molecule has 0 saturated heterocycles. The Hall–Kier alpha value is -2.16. The minimum atomic E-state index is -3.87. The summed E-state index contributed by atoms with van der Waals surface area (Å²) in [4.78, 5) is 15.9. The van der Waals surface area contributed by atoms with Gasteiger partial charge in [0.1, 0.15) is 4.90 Å². The van der Waals surface area contributed by atoms with Crippen LogP contribution in [0.2, 0.25) is 5.02 Å². The zero-order valence-corrected chi connectivity index (χ0v) is 16.2. The third-order valence-corrected chi connectivity index (χ3v) is 7.00. The van der Waals surface area contributed by atoms with E-state index in [1.54, 1.807) is 25.4 Å². The fourth-order valence-corrected chi connectivity index (χ4v) is 5.32. The lowest BCUT2D eigenvalue weighted by Gasteiger charge is -2.22. The van der Waals surface area contributed by atoms with E-state index in [0.717, 1.165) is 18.4 Å². The summed E-state index contributed by atoms with van der Waals surface area (Å²) in [5, 5.41) is 0.0716. The van der Waals surface area contributed by atoms with E-state index in [2.05, 4.69) is 4.98 Å². The first-order valence-corrected chi connectivity index (χ1v) is 10.5. The lowest BCUT2D eigenvalue weighted by molar-refractivity contribution is 0.398. The van der Waals surface area contributed by atoms with Crippen LogP contribution in [0.5, 0.6) is 0 Å². The number of halogens is 1. The predicted octanol–water partition coefficient (Wildman–Crippen LogP) is 3.02. The molecule has 1 aliphatic rings. The third-order valence-electron chi connectivity index (χ3n) is 4.64. The van der Waals surface area contributed by atoms with Crippen molar-refractivity contribution >= 4 is 32.7 Å². The molecule has 1 aromatic carbocycles. The highest BCUT2D eigenvalue weighted by atomic mass is 35.5. The summed E-state index contributed by atoms with van der Waals surface area (Å²) in [5.41, 5.74) is 1.49. The summed E-state index contributed by atoms with van der Waals surface area (Å²) in [7, 11) is -3.87. The van der Waals surface area contributed by atoms with Crippen molar-refractivity contribution in [3.8, 4) is 0 Å². The maximum Gasteiger partial charge on any atom is 0.419 e. The van der Waals surface area contributed by atoms with Crippen molar-refractivity contribution in [1.82, 2.24) is 13.9 Å². The number of aryl methyl sites for hydroxylation is 1. The quantitative estimate of drug-likeness (QED) is 0.627. The normalized spacial score (nSPS) is 14.9.